The van der Waals surface area contributed by atoms with Gasteiger partial charge in [0, 0.05) is 6.42 Å². The van der Waals surface area contributed by atoms with Gasteiger partial charge in [0.25, 0.3) is 0 Å². The molecule has 0 bridgehead atoms. The summed E-state index contributed by atoms with van der Waals surface area (Å²) >= 11 is 0. The first-order valence-corrected chi connectivity index (χ1v) is 14.9. The molecule has 0 aliphatic carbocycles. The number of esters is 2. The number of carbonyl (C=O) groups excluding carboxylic acids is 3. The van der Waals surface area contributed by atoms with E-state index >= 15 is 0 Å². The molecule has 0 unspecified atom stereocenters. The van der Waals surface area contributed by atoms with E-state index < -0.39 is 36.5 Å². The summed E-state index contributed by atoms with van der Waals surface area (Å²) in [6.07, 6.45) is 15.5. The van der Waals surface area contributed by atoms with Gasteiger partial charge >= 0.3 is 17.9 Å². The van der Waals surface area contributed by atoms with Crippen LogP contribution in [0.2, 0.25) is 0 Å². The zero-order valence-electron chi connectivity index (χ0n) is 24.5. The van der Waals surface area contributed by atoms with Crippen LogP contribution in [0.4, 0.5) is 0 Å². The predicted molar refractivity (Wildman–Crippen MR) is 155 cm³/mol. The SMILES string of the molecule is CCc1ccc(C(=O)OCCCCCCCCCCCCCCCC(=O)OC[C@H](NC(=O)[C@@H](C)N)C(=O)O)cc1. The van der Waals surface area contributed by atoms with Gasteiger partial charge in [0.2, 0.25) is 5.91 Å². The molecule has 0 saturated heterocycles. The molecule has 0 fully saturated rings. The van der Waals surface area contributed by atoms with Gasteiger partial charge in [-0.3, -0.25) is 9.59 Å². The minimum absolute atomic E-state index is 0.238. The zero-order valence-corrected chi connectivity index (χ0v) is 24.5. The number of hydrogen-bond donors (Lipinski definition) is 3. The number of carboxylic acid groups (broad SMARTS) is 1. The highest BCUT2D eigenvalue weighted by Gasteiger charge is 2.23. The fraction of sp³-hybridized carbons (Fsp3) is 0.677. The van der Waals surface area contributed by atoms with Crippen molar-refractivity contribution < 1.29 is 33.8 Å². The molecular weight excluding hydrogens is 512 g/mol. The van der Waals surface area contributed by atoms with Gasteiger partial charge < -0.3 is 25.6 Å². The normalized spacial score (nSPS) is 12.4. The summed E-state index contributed by atoms with van der Waals surface area (Å²) in [4.78, 5) is 46.6. The Kier molecular flexibility index (Phi) is 19.1. The fourth-order valence-electron chi connectivity index (χ4n) is 4.17. The molecule has 2 atom stereocenters. The largest absolute Gasteiger partial charge is 0.480 e. The molecule has 1 rings (SSSR count). The molecular formula is C31H50N2O7. The molecule has 1 amide bonds. The summed E-state index contributed by atoms with van der Waals surface area (Å²) in [7, 11) is 0. The molecule has 1 aromatic carbocycles. The van der Waals surface area contributed by atoms with Crippen molar-refractivity contribution in [1.82, 2.24) is 5.32 Å². The summed E-state index contributed by atoms with van der Waals surface area (Å²) < 4.78 is 10.4. The van der Waals surface area contributed by atoms with E-state index in [1.54, 1.807) is 0 Å². The third kappa shape index (κ3) is 16.9. The number of carbonyl (C=O) groups is 4. The Morgan fingerprint density at radius 3 is 1.77 bits per heavy atom. The average molecular weight is 563 g/mol. The van der Waals surface area contributed by atoms with E-state index in [0.717, 1.165) is 38.5 Å². The molecule has 0 radical (unpaired) electrons. The minimum atomic E-state index is -1.30. The maximum absolute atomic E-state index is 12.0. The first-order chi connectivity index (χ1) is 19.2. The Morgan fingerprint density at radius 2 is 1.30 bits per heavy atom. The molecule has 0 aromatic heterocycles. The van der Waals surface area contributed by atoms with Crippen molar-refractivity contribution in [1.29, 1.82) is 0 Å². The number of aryl methyl sites for hydroxylation is 1. The number of amides is 1. The van der Waals surface area contributed by atoms with Gasteiger partial charge in [-0.05, 0) is 43.9 Å². The van der Waals surface area contributed by atoms with E-state index in [9.17, 15) is 19.2 Å². The second kappa shape index (κ2) is 21.8. The molecule has 9 heteroatoms. The highest BCUT2D eigenvalue weighted by Crippen LogP contribution is 2.14. The smallest absolute Gasteiger partial charge is 0.338 e. The second-order valence-electron chi connectivity index (χ2n) is 10.4. The number of aliphatic carboxylic acids is 1. The van der Waals surface area contributed by atoms with Crippen molar-refractivity contribution in [2.24, 2.45) is 5.73 Å². The van der Waals surface area contributed by atoms with Crippen LogP contribution in [0.5, 0.6) is 0 Å². The Balaban J connectivity index is 1.89. The number of hydrogen-bond acceptors (Lipinski definition) is 7. The lowest BCUT2D eigenvalue weighted by atomic mass is 10.0. The Hall–Kier alpha value is -2.94. The van der Waals surface area contributed by atoms with Crippen molar-refractivity contribution in [3.8, 4) is 0 Å². The van der Waals surface area contributed by atoms with E-state index in [2.05, 4.69) is 12.2 Å². The van der Waals surface area contributed by atoms with Gasteiger partial charge in [-0.1, -0.05) is 89.7 Å². The molecule has 1 aromatic rings. The van der Waals surface area contributed by atoms with Crippen LogP contribution in [0.3, 0.4) is 0 Å². The Morgan fingerprint density at radius 1 is 0.800 bits per heavy atom. The zero-order chi connectivity index (χ0) is 29.6. The van der Waals surface area contributed by atoms with Crippen LogP contribution in [0.1, 0.15) is 120 Å². The molecule has 0 spiro atoms. The molecule has 0 aliphatic rings. The topological polar surface area (TPSA) is 145 Å². The molecule has 40 heavy (non-hydrogen) atoms. The summed E-state index contributed by atoms with van der Waals surface area (Å²) in [5.41, 5.74) is 7.24. The summed E-state index contributed by atoms with van der Waals surface area (Å²) in [6, 6.07) is 5.47. The highest BCUT2D eigenvalue weighted by atomic mass is 16.5. The number of unbranched alkanes of at least 4 members (excludes halogenated alkanes) is 12. The Labute approximate surface area is 239 Å². The van der Waals surface area contributed by atoms with Crippen LogP contribution in [0, 0.1) is 0 Å². The highest BCUT2D eigenvalue weighted by molar-refractivity contribution is 5.89. The average Bonchev–Trinajstić information content (AvgIpc) is 2.94. The second-order valence-corrected chi connectivity index (χ2v) is 10.4. The van der Waals surface area contributed by atoms with Gasteiger partial charge in [-0.2, -0.15) is 0 Å². The van der Waals surface area contributed by atoms with Crippen molar-refractivity contribution >= 4 is 23.8 Å². The Bertz CT molecular complexity index is 871. The van der Waals surface area contributed by atoms with E-state index in [0.29, 0.717) is 18.6 Å². The maximum atomic E-state index is 12.0. The third-order valence-corrected chi connectivity index (χ3v) is 6.80. The van der Waals surface area contributed by atoms with Gasteiger partial charge in [-0.15, -0.1) is 0 Å². The third-order valence-electron chi connectivity index (χ3n) is 6.80. The number of nitrogens with two attached hydrogens (primary N) is 1. The van der Waals surface area contributed by atoms with Gasteiger partial charge in [0.15, 0.2) is 6.04 Å². The van der Waals surface area contributed by atoms with E-state index in [1.165, 1.54) is 57.4 Å². The van der Waals surface area contributed by atoms with Crippen LogP contribution >= 0.6 is 0 Å². The first kappa shape index (κ1) is 35.1. The van der Waals surface area contributed by atoms with E-state index in [1.807, 2.05) is 24.3 Å². The van der Waals surface area contributed by atoms with Crippen molar-refractivity contribution in [3.63, 3.8) is 0 Å². The molecule has 226 valence electrons. The van der Waals surface area contributed by atoms with Crippen molar-refractivity contribution in [2.45, 2.75) is 122 Å². The number of benzene rings is 1. The van der Waals surface area contributed by atoms with Gasteiger partial charge in [-0.25, -0.2) is 9.59 Å². The molecule has 0 aliphatic heterocycles. The van der Waals surface area contributed by atoms with Crippen LogP contribution in [0.15, 0.2) is 24.3 Å². The van der Waals surface area contributed by atoms with Crippen LogP contribution in [-0.4, -0.2) is 54.2 Å². The lowest BCUT2D eigenvalue weighted by Crippen LogP contribution is -2.49. The number of nitrogens with one attached hydrogen (secondary N) is 1. The summed E-state index contributed by atoms with van der Waals surface area (Å²) in [6.45, 7) is 3.61. The molecule has 0 heterocycles. The van der Waals surface area contributed by atoms with Crippen LogP contribution in [-0.2, 0) is 30.3 Å². The number of carboxylic acids is 1. The summed E-state index contributed by atoms with van der Waals surface area (Å²) in [5.74, 6) is -2.58. The van der Waals surface area contributed by atoms with E-state index in [4.69, 9.17) is 20.3 Å². The number of ether oxygens (including phenoxy) is 2. The van der Waals surface area contributed by atoms with Gasteiger partial charge in [0.1, 0.15) is 6.61 Å². The monoisotopic (exact) mass is 562 g/mol. The fourth-order valence-corrected chi connectivity index (χ4v) is 4.17. The lowest BCUT2D eigenvalue weighted by molar-refractivity contribution is -0.150. The maximum Gasteiger partial charge on any atom is 0.338 e. The first-order valence-electron chi connectivity index (χ1n) is 14.9. The quantitative estimate of drug-likeness (QED) is 0.120. The van der Waals surface area contributed by atoms with Crippen molar-refractivity contribution in [3.05, 3.63) is 35.4 Å². The van der Waals surface area contributed by atoms with Gasteiger partial charge in [0.05, 0.1) is 18.2 Å². The standard InChI is InChI=1S/C31H50N2O7/c1-3-25-18-20-26(21-19-25)31(38)39-22-16-14-12-10-8-6-4-5-7-9-11-13-15-17-28(34)40-23-27(30(36)37)33-29(35)24(2)32/h18-21,24,27H,3-17,22-23,32H2,1-2H3,(H,33,35)(H,36,37)/t24-,27+/m1/s1. The summed E-state index contributed by atoms with van der Waals surface area (Å²) in [5, 5.41) is 11.4. The van der Waals surface area contributed by atoms with Crippen LogP contribution in [0.25, 0.3) is 0 Å². The van der Waals surface area contributed by atoms with Crippen LogP contribution < -0.4 is 11.1 Å². The van der Waals surface area contributed by atoms with Crippen molar-refractivity contribution in [2.75, 3.05) is 13.2 Å². The number of rotatable bonds is 23. The lowest BCUT2D eigenvalue weighted by Gasteiger charge is -2.16. The predicted octanol–water partition coefficient (Wildman–Crippen LogP) is 5.33. The molecule has 9 nitrogen and oxygen atoms in total. The minimum Gasteiger partial charge on any atom is -0.480 e. The van der Waals surface area contributed by atoms with E-state index in [-0.39, 0.29) is 12.4 Å². The molecule has 4 N–H and O–H groups in total. The molecule has 0 saturated carbocycles.